The van der Waals surface area contributed by atoms with Crippen molar-refractivity contribution in [3.63, 3.8) is 0 Å². The van der Waals surface area contributed by atoms with Crippen LogP contribution in [0.1, 0.15) is 12.2 Å². The van der Waals surface area contributed by atoms with Crippen LogP contribution in [0.2, 0.25) is 0 Å². The molecule has 0 aliphatic heterocycles. The minimum Gasteiger partial charge on any atom is -0.484 e. The number of nitrogens with two attached hydrogens (primary N) is 1. The van der Waals surface area contributed by atoms with Crippen molar-refractivity contribution in [2.45, 2.75) is 12.8 Å². The molecule has 110 valence electrons. The highest BCUT2D eigenvalue weighted by Crippen LogP contribution is 2.16. The van der Waals surface area contributed by atoms with Gasteiger partial charge in [-0.3, -0.25) is 9.59 Å². The predicted molar refractivity (Wildman–Crippen MR) is 76.8 cm³/mol. The topological polar surface area (TPSA) is 94.6 Å². The minimum absolute atomic E-state index is 0.0998. The summed E-state index contributed by atoms with van der Waals surface area (Å²) in [6, 6.07) is 10.3. The molecule has 0 fully saturated rings. The number of anilines is 1. The lowest BCUT2D eigenvalue weighted by Crippen LogP contribution is -2.20. The van der Waals surface area contributed by atoms with Gasteiger partial charge in [0.15, 0.2) is 6.61 Å². The van der Waals surface area contributed by atoms with Crippen LogP contribution >= 0.6 is 0 Å². The lowest BCUT2D eigenvalue weighted by Gasteiger charge is -2.07. The second-order valence-electron chi connectivity index (χ2n) is 4.41. The molecule has 1 aromatic carbocycles. The van der Waals surface area contributed by atoms with Crippen LogP contribution in [-0.4, -0.2) is 18.4 Å². The first kappa shape index (κ1) is 14.6. The van der Waals surface area contributed by atoms with Gasteiger partial charge in [-0.1, -0.05) is 0 Å². The van der Waals surface area contributed by atoms with E-state index in [4.69, 9.17) is 14.9 Å². The van der Waals surface area contributed by atoms with Crippen molar-refractivity contribution in [1.29, 1.82) is 0 Å². The van der Waals surface area contributed by atoms with Crippen LogP contribution in [0.15, 0.2) is 47.1 Å². The Balaban J connectivity index is 1.79. The number of carbonyl (C=O) groups excluding carboxylic acids is 2. The molecule has 1 aromatic heterocycles. The molecule has 0 unspecified atom stereocenters. The first-order valence-corrected chi connectivity index (χ1v) is 6.47. The number of aryl methyl sites for hydroxylation is 1. The van der Waals surface area contributed by atoms with Gasteiger partial charge in [0.05, 0.1) is 6.26 Å². The fraction of sp³-hybridized carbons (Fsp3) is 0.200. The molecule has 0 aliphatic rings. The summed E-state index contributed by atoms with van der Waals surface area (Å²) in [5, 5.41) is 2.77. The van der Waals surface area contributed by atoms with Crippen molar-refractivity contribution >= 4 is 17.5 Å². The zero-order chi connectivity index (χ0) is 15.1. The van der Waals surface area contributed by atoms with Crippen LogP contribution in [0.3, 0.4) is 0 Å². The average molecular weight is 288 g/mol. The van der Waals surface area contributed by atoms with Gasteiger partial charge in [0.25, 0.3) is 5.91 Å². The van der Waals surface area contributed by atoms with Crippen LogP contribution < -0.4 is 15.8 Å². The number of primary amides is 1. The Kier molecular flexibility index (Phi) is 4.98. The van der Waals surface area contributed by atoms with Crippen molar-refractivity contribution in [3.05, 3.63) is 48.4 Å². The van der Waals surface area contributed by atoms with E-state index in [-0.39, 0.29) is 12.5 Å². The lowest BCUT2D eigenvalue weighted by molar-refractivity contribution is -0.120. The number of furan rings is 1. The van der Waals surface area contributed by atoms with Gasteiger partial charge in [-0.2, -0.15) is 0 Å². The van der Waals surface area contributed by atoms with E-state index in [9.17, 15) is 9.59 Å². The third kappa shape index (κ3) is 5.02. The molecule has 0 aliphatic carbocycles. The van der Waals surface area contributed by atoms with E-state index in [0.717, 1.165) is 5.76 Å². The lowest BCUT2D eigenvalue weighted by atomic mass is 10.2. The van der Waals surface area contributed by atoms with E-state index < -0.39 is 5.91 Å². The maximum absolute atomic E-state index is 11.8. The monoisotopic (exact) mass is 288 g/mol. The highest BCUT2D eigenvalue weighted by molar-refractivity contribution is 5.90. The molecule has 0 atom stereocenters. The van der Waals surface area contributed by atoms with E-state index in [0.29, 0.717) is 24.3 Å². The van der Waals surface area contributed by atoms with Gasteiger partial charge in [-0.05, 0) is 36.4 Å². The third-order valence-corrected chi connectivity index (χ3v) is 2.70. The normalized spacial score (nSPS) is 10.1. The first-order valence-electron chi connectivity index (χ1n) is 6.47. The Hall–Kier alpha value is -2.76. The molecule has 6 heteroatoms. The number of hydrogen-bond donors (Lipinski definition) is 2. The minimum atomic E-state index is -0.537. The van der Waals surface area contributed by atoms with Crippen LogP contribution in [0.25, 0.3) is 0 Å². The molecule has 0 spiro atoms. The Morgan fingerprint density at radius 1 is 1.19 bits per heavy atom. The molecule has 0 saturated heterocycles. The molecule has 6 nitrogen and oxygen atoms in total. The van der Waals surface area contributed by atoms with Crippen LogP contribution in [0.5, 0.6) is 5.75 Å². The van der Waals surface area contributed by atoms with Gasteiger partial charge >= 0.3 is 0 Å². The maximum atomic E-state index is 11.8. The Labute approximate surface area is 121 Å². The molecular weight excluding hydrogens is 272 g/mol. The predicted octanol–water partition coefficient (Wildman–Crippen LogP) is 1.71. The number of ether oxygens (including phenoxy) is 1. The van der Waals surface area contributed by atoms with Gasteiger partial charge in [0.2, 0.25) is 5.91 Å². The molecule has 2 rings (SSSR count). The molecule has 0 bridgehead atoms. The number of hydrogen-bond acceptors (Lipinski definition) is 4. The first-order chi connectivity index (χ1) is 10.1. The number of benzene rings is 1. The van der Waals surface area contributed by atoms with Crippen molar-refractivity contribution in [2.24, 2.45) is 5.73 Å². The summed E-state index contributed by atoms with van der Waals surface area (Å²) in [6.45, 7) is -0.172. The van der Waals surface area contributed by atoms with Crippen LogP contribution in [-0.2, 0) is 16.0 Å². The van der Waals surface area contributed by atoms with Gasteiger partial charge in [-0.15, -0.1) is 0 Å². The summed E-state index contributed by atoms with van der Waals surface area (Å²) in [6.07, 6.45) is 2.48. The SMILES string of the molecule is NC(=O)COc1ccc(NC(=O)CCc2ccco2)cc1. The summed E-state index contributed by atoms with van der Waals surface area (Å²) < 4.78 is 10.3. The van der Waals surface area contributed by atoms with Gasteiger partial charge in [0.1, 0.15) is 11.5 Å². The average Bonchev–Trinajstić information content (AvgIpc) is 2.98. The molecule has 0 radical (unpaired) electrons. The number of nitrogens with one attached hydrogen (secondary N) is 1. The van der Waals surface area contributed by atoms with E-state index >= 15 is 0 Å². The Morgan fingerprint density at radius 2 is 1.95 bits per heavy atom. The second kappa shape index (κ2) is 7.14. The highest BCUT2D eigenvalue weighted by atomic mass is 16.5. The fourth-order valence-electron chi connectivity index (χ4n) is 1.70. The van der Waals surface area contributed by atoms with E-state index in [1.54, 1.807) is 36.6 Å². The quantitative estimate of drug-likeness (QED) is 0.811. The molecule has 3 N–H and O–H groups in total. The smallest absolute Gasteiger partial charge is 0.255 e. The molecule has 2 aromatic rings. The summed E-state index contributed by atoms with van der Waals surface area (Å²) in [5.41, 5.74) is 5.64. The third-order valence-electron chi connectivity index (χ3n) is 2.70. The zero-order valence-electron chi connectivity index (χ0n) is 11.4. The summed E-state index contributed by atoms with van der Waals surface area (Å²) in [4.78, 5) is 22.3. The molecule has 2 amide bonds. The molecule has 1 heterocycles. The van der Waals surface area contributed by atoms with Gasteiger partial charge < -0.3 is 20.2 Å². The number of amides is 2. The molecule has 0 saturated carbocycles. The molecule has 21 heavy (non-hydrogen) atoms. The van der Waals surface area contributed by atoms with Crippen molar-refractivity contribution in [3.8, 4) is 5.75 Å². The summed E-state index contributed by atoms with van der Waals surface area (Å²) in [7, 11) is 0. The van der Waals surface area contributed by atoms with Crippen molar-refractivity contribution in [1.82, 2.24) is 0 Å². The number of rotatable bonds is 7. The fourth-order valence-corrected chi connectivity index (χ4v) is 1.70. The maximum Gasteiger partial charge on any atom is 0.255 e. The van der Waals surface area contributed by atoms with Gasteiger partial charge in [-0.25, -0.2) is 0 Å². The van der Waals surface area contributed by atoms with Crippen LogP contribution in [0.4, 0.5) is 5.69 Å². The standard InChI is InChI=1S/C15H16N2O4/c16-14(18)10-21-13-5-3-11(4-6-13)17-15(19)8-7-12-2-1-9-20-12/h1-6,9H,7-8,10H2,(H2,16,18)(H,17,19). The van der Waals surface area contributed by atoms with E-state index in [1.807, 2.05) is 6.07 Å². The van der Waals surface area contributed by atoms with Crippen molar-refractivity contribution < 1.29 is 18.7 Å². The van der Waals surface area contributed by atoms with E-state index in [1.165, 1.54) is 0 Å². The number of carbonyl (C=O) groups is 2. The van der Waals surface area contributed by atoms with Gasteiger partial charge in [0, 0.05) is 18.5 Å². The largest absolute Gasteiger partial charge is 0.484 e. The highest BCUT2D eigenvalue weighted by Gasteiger charge is 2.05. The van der Waals surface area contributed by atoms with Crippen LogP contribution in [0, 0.1) is 0 Å². The second-order valence-corrected chi connectivity index (χ2v) is 4.41. The summed E-state index contributed by atoms with van der Waals surface area (Å²) >= 11 is 0. The summed E-state index contributed by atoms with van der Waals surface area (Å²) in [5.74, 6) is 0.658. The zero-order valence-corrected chi connectivity index (χ0v) is 11.4. The molecular formula is C15H16N2O4. The van der Waals surface area contributed by atoms with E-state index in [2.05, 4.69) is 5.32 Å². The Morgan fingerprint density at radius 3 is 2.57 bits per heavy atom. The van der Waals surface area contributed by atoms with Crippen molar-refractivity contribution in [2.75, 3.05) is 11.9 Å². The Bertz CT molecular complexity index is 591.